The number of benzene rings is 1. The minimum absolute atomic E-state index is 0.136. The van der Waals surface area contributed by atoms with Crippen LogP contribution in [0.2, 0.25) is 0 Å². The van der Waals surface area contributed by atoms with E-state index in [1.165, 1.54) is 16.7 Å². The molecule has 2 rings (SSSR count). The van der Waals surface area contributed by atoms with E-state index in [1.807, 2.05) is 0 Å². The van der Waals surface area contributed by atoms with Crippen LogP contribution < -0.4 is 10.6 Å². The number of amides is 1. The summed E-state index contributed by atoms with van der Waals surface area (Å²) in [6.07, 6.45) is 2.10. The van der Waals surface area contributed by atoms with E-state index in [9.17, 15) is 4.79 Å². The number of hydrogen-bond donors (Lipinski definition) is 2. The molecule has 1 atom stereocenters. The normalized spacial score (nSPS) is 19.1. The van der Waals surface area contributed by atoms with E-state index < -0.39 is 0 Å². The van der Waals surface area contributed by atoms with Gasteiger partial charge in [-0.25, -0.2) is 0 Å². The van der Waals surface area contributed by atoms with Gasteiger partial charge in [0.25, 0.3) is 0 Å². The van der Waals surface area contributed by atoms with Gasteiger partial charge in [0.15, 0.2) is 0 Å². The summed E-state index contributed by atoms with van der Waals surface area (Å²) in [4.78, 5) is 12.2. The van der Waals surface area contributed by atoms with Crippen LogP contribution >= 0.6 is 0 Å². The van der Waals surface area contributed by atoms with Crippen molar-refractivity contribution in [3.05, 3.63) is 34.9 Å². The third-order valence-electron chi connectivity index (χ3n) is 4.16. The van der Waals surface area contributed by atoms with Crippen LogP contribution in [0.4, 0.5) is 0 Å². The fraction of sp³-hybridized carbons (Fsp3) is 0.588. The molecule has 20 heavy (non-hydrogen) atoms. The Morgan fingerprint density at radius 3 is 2.90 bits per heavy atom. The monoisotopic (exact) mass is 274 g/mol. The van der Waals surface area contributed by atoms with Gasteiger partial charge in [-0.3, -0.25) is 4.79 Å². The van der Waals surface area contributed by atoms with Crippen LogP contribution in [0.3, 0.4) is 0 Å². The van der Waals surface area contributed by atoms with Crippen LogP contribution in [0.15, 0.2) is 18.2 Å². The average Bonchev–Trinajstić information content (AvgIpc) is 2.46. The lowest BCUT2D eigenvalue weighted by Crippen LogP contribution is -2.40. The molecule has 2 N–H and O–H groups in total. The quantitative estimate of drug-likeness (QED) is 0.886. The molecule has 110 valence electrons. The van der Waals surface area contributed by atoms with Gasteiger partial charge in [0.2, 0.25) is 5.91 Å². The van der Waals surface area contributed by atoms with E-state index in [-0.39, 0.29) is 11.8 Å². The largest absolute Gasteiger partial charge is 0.352 e. The number of piperidine rings is 1. The Morgan fingerprint density at radius 2 is 2.25 bits per heavy atom. The second-order valence-electron chi connectivity index (χ2n) is 6.10. The molecule has 1 aromatic rings. The van der Waals surface area contributed by atoms with Crippen LogP contribution in [0, 0.1) is 12.8 Å². The summed E-state index contributed by atoms with van der Waals surface area (Å²) in [7, 11) is 0. The van der Waals surface area contributed by atoms with Crippen molar-refractivity contribution < 1.29 is 4.79 Å². The van der Waals surface area contributed by atoms with Crippen molar-refractivity contribution in [3.63, 3.8) is 0 Å². The molecule has 1 aromatic carbocycles. The molecule has 0 spiro atoms. The molecule has 0 bridgehead atoms. The van der Waals surface area contributed by atoms with E-state index in [0.717, 1.165) is 25.9 Å². The smallest absolute Gasteiger partial charge is 0.224 e. The number of carbonyl (C=O) groups is 1. The second-order valence-corrected chi connectivity index (χ2v) is 6.10. The van der Waals surface area contributed by atoms with Crippen molar-refractivity contribution in [2.45, 2.75) is 46.1 Å². The van der Waals surface area contributed by atoms with Crippen molar-refractivity contribution in [3.8, 4) is 0 Å². The number of rotatable bonds is 4. The highest BCUT2D eigenvalue weighted by molar-refractivity contribution is 5.79. The van der Waals surface area contributed by atoms with Crippen LogP contribution in [0.5, 0.6) is 0 Å². The van der Waals surface area contributed by atoms with Gasteiger partial charge >= 0.3 is 0 Å². The second kappa shape index (κ2) is 6.89. The SMILES string of the molecule is Cc1ccc(C(C)C)cc1CNC(=O)C1CCCNC1. The standard InChI is InChI=1S/C17H26N2O/c1-12(2)14-7-6-13(3)16(9-14)11-19-17(20)15-5-4-8-18-10-15/h6-7,9,12,15,18H,4-5,8,10-11H2,1-3H3,(H,19,20). The molecule has 0 radical (unpaired) electrons. The van der Waals surface area contributed by atoms with E-state index in [0.29, 0.717) is 12.5 Å². The molecule has 1 saturated heterocycles. The Labute approximate surface area is 122 Å². The first-order valence-electron chi connectivity index (χ1n) is 7.65. The first-order chi connectivity index (χ1) is 9.58. The number of carbonyl (C=O) groups excluding carboxylic acids is 1. The maximum Gasteiger partial charge on any atom is 0.224 e. The predicted molar refractivity (Wildman–Crippen MR) is 82.7 cm³/mol. The van der Waals surface area contributed by atoms with Crippen molar-refractivity contribution >= 4 is 5.91 Å². The molecule has 1 amide bonds. The van der Waals surface area contributed by atoms with Crippen LogP contribution in [0.25, 0.3) is 0 Å². The van der Waals surface area contributed by atoms with E-state index >= 15 is 0 Å². The molecule has 3 heteroatoms. The van der Waals surface area contributed by atoms with Crippen LogP contribution in [-0.2, 0) is 11.3 Å². The Balaban J connectivity index is 1.95. The zero-order chi connectivity index (χ0) is 14.5. The van der Waals surface area contributed by atoms with Crippen LogP contribution in [0.1, 0.15) is 49.3 Å². The molecule has 1 aliphatic rings. The van der Waals surface area contributed by atoms with Gasteiger partial charge in [-0.2, -0.15) is 0 Å². The first kappa shape index (κ1) is 15.0. The summed E-state index contributed by atoms with van der Waals surface area (Å²) >= 11 is 0. The molecule has 1 aliphatic heterocycles. The number of nitrogens with one attached hydrogen (secondary N) is 2. The molecule has 1 fully saturated rings. The highest BCUT2D eigenvalue weighted by Gasteiger charge is 2.20. The summed E-state index contributed by atoms with van der Waals surface area (Å²) < 4.78 is 0. The molecular formula is C17H26N2O. The maximum absolute atomic E-state index is 12.2. The molecule has 1 heterocycles. The maximum atomic E-state index is 12.2. The fourth-order valence-corrected chi connectivity index (χ4v) is 2.64. The topological polar surface area (TPSA) is 41.1 Å². The minimum Gasteiger partial charge on any atom is -0.352 e. The zero-order valence-corrected chi connectivity index (χ0v) is 12.8. The lowest BCUT2D eigenvalue weighted by atomic mass is 9.97. The zero-order valence-electron chi connectivity index (χ0n) is 12.8. The summed E-state index contributed by atoms with van der Waals surface area (Å²) in [6.45, 7) is 8.99. The van der Waals surface area contributed by atoms with Gasteiger partial charge < -0.3 is 10.6 Å². The van der Waals surface area contributed by atoms with Gasteiger partial charge in [-0.1, -0.05) is 32.0 Å². The summed E-state index contributed by atoms with van der Waals surface area (Å²) in [6, 6.07) is 6.55. The molecule has 0 saturated carbocycles. The van der Waals surface area contributed by atoms with Gasteiger partial charge in [0, 0.05) is 13.1 Å². The van der Waals surface area contributed by atoms with E-state index in [1.54, 1.807) is 0 Å². The lowest BCUT2D eigenvalue weighted by Gasteiger charge is -2.22. The first-order valence-corrected chi connectivity index (χ1v) is 7.65. The van der Waals surface area contributed by atoms with Gasteiger partial charge in [0.1, 0.15) is 0 Å². The van der Waals surface area contributed by atoms with Crippen LogP contribution in [-0.4, -0.2) is 19.0 Å². The highest BCUT2D eigenvalue weighted by atomic mass is 16.1. The Hall–Kier alpha value is -1.35. The van der Waals surface area contributed by atoms with Crippen molar-refractivity contribution in [1.82, 2.24) is 10.6 Å². The Bertz CT molecular complexity index is 462. The number of aryl methyl sites for hydroxylation is 1. The minimum atomic E-state index is 0.136. The van der Waals surface area contributed by atoms with Crippen molar-refractivity contribution in [2.75, 3.05) is 13.1 Å². The van der Waals surface area contributed by atoms with Crippen molar-refractivity contribution in [2.24, 2.45) is 5.92 Å². The van der Waals surface area contributed by atoms with E-state index in [4.69, 9.17) is 0 Å². The highest BCUT2D eigenvalue weighted by Crippen LogP contribution is 2.19. The third kappa shape index (κ3) is 3.83. The third-order valence-corrected chi connectivity index (χ3v) is 4.16. The molecule has 0 aromatic heterocycles. The number of hydrogen-bond acceptors (Lipinski definition) is 2. The predicted octanol–water partition coefficient (Wildman–Crippen LogP) is 2.73. The molecule has 1 unspecified atom stereocenters. The summed E-state index contributed by atoms with van der Waals surface area (Å²) in [5.41, 5.74) is 3.81. The lowest BCUT2D eigenvalue weighted by molar-refractivity contribution is -0.125. The average molecular weight is 274 g/mol. The van der Waals surface area contributed by atoms with Gasteiger partial charge in [-0.15, -0.1) is 0 Å². The van der Waals surface area contributed by atoms with Gasteiger partial charge in [-0.05, 0) is 48.9 Å². The Kier molecular flexibility index (Phi) is 5.18. The van der Waals surface area contributed by atoms with Crippen molar-refractivity contribution in [1.29, 1.82) is 0 Å². The Morgan fingerprint density at radius 1 is 1.45 bits per heavy atom. The summed E-state index contributed by atoms with van der Waals surface area (Å²) in [5.74, 6) is 0.844. The molecule has 3 nitrogen and oxygen atoms in total. The molecule has 0 aliphatic carbocycles. The van der Waals surface area contributed by atoms with E-state index in [2.05, 4.69) is 49.6 Å². The summed E-state index contributed by atoms with van der Waals surface area (Å²) in [5, 5.41) is 6.39. The fourth-order valence-electron chi connectivity index (χ4n) is 2.64. The van der Waals surface area contributed by atoms with Gasteiger partial charge in [0.05, 0.1) is 5.92 Å². The molecular weight excluding hydrogens is 248 g/mol.